The number of carboxylic acids is 4. The molecule has 26 N–H and O–H groups in total. The Morgan fingerprint density at radius 3 is 1.13 bits per heavy atom. The number of amides is 17. The molecule has 48 heteroatoms. The van der Waals surface area contributed by atoms with Gasteiger partial charge in [0.05, 0.1) is 32.0 Å². The summed E-state index contributed by atoms with van der Waals surface area (Å²) in [6.45, 7) is 5.87. The lowest BCUT2D eigenvalue weighted by Crippen LogP contribution is -2.62. The van der Waals surface area contributed by atoms with Crippen LogP contribution in [0.5, 0.6) is 5.75 Å². The van der Waals surface area contributed by atoms with Gasteiger partial charge >= 0.3 is 23.9 Å². The number of nitrogens with one attached hydrogen (secondary N) is 15. The lowest BCUT2D eigenvalue weighted by atomic mass is 9.99. The summed E-state index contributed by atoms with van der Waals surface area (Å²) in [5.74, 6) is -28.5. The van der Waals surface area contributed by atoms with E-state index >= 15 is 0 Å². The van der Waals surface area contributed by atoms with Gasteiger partial charge in [-0.05, 0) is 74.1 Å². The van der Waals surface area contributed by atoms with Gasteiger partial charge in [-0.25, -0.2) is 4.79 Å². The van der Waals surface area contributed by atoms with E-state index in [-0.39, 0.29) is 35.7 Å². The summed E-state index contributed by atoms with van der Waals surface area (Å²) in [5.41, 5.74) is 17.9. The third-order valence-corrected chi connectivity index (χ3v) is 18.5. The molecule has 0 fully saturated rings. The van der Waals surface area contributed by atoms with Crippen LogP contribution in [0, 0.1) is 11.8 Å². The zero-order chi connectivity index (χ0) is 90.1. The largest absolute Gasteiger partial charge is 0.508 e. The monoisotopic (exact) mass is 1750 g/mol. The van der Waals surface area contributed by atoms with Gasteiger partial charge in [0.15, 0.2) is 0 Å². The van der Waals surface area contributed by atoms with E-state index in [0.29, 0.717) is 0 Å². The van der Waals surface area contributed by atoms with E-state index in [1.807, 2.05) is 0 Å². The molecule has 17 amide bonds. The Morgan fingerprint density at radius 2 is 0.706 bits per heavy atom. The van der Waals surface area contributed by atoms with Crippen molar-refractivity contribution in [2.24, 2.45) is 29.0 Å². The normalized spacial score (nSPS) is 14.5. The molecule has 0 aliphatic carbocycles. The average Bonchev–Trinajstić information content (AvgIpc) is 0.809. The van der Waals surface area contributed by atoms with Gasteiger partial charge in [-0.1, -0.05) is 70.2 Å². The van der Waals surface area contributed by atoms with Crippen LogP contribution in [-0.2, 0) is 114 Å². The van der Waals surface area contributed by atoms with Crippen LogP contribution in [-0.4, -0.2) is 271 Å². The third kappa shape index (κ3) is 39.5. The van der Waals surface area contributed by atoms with Crippen LogP contribution in [0.15, 0.2) is 54.6 Å². The molecule has 0 heterocycles. The molecule has 0 radical (unpaired) electrons. The molecule has 0 aromatic heterocycles. The minimum atomic E-state index is -2.04. The molecule has 119 heavy (non-hydrogen) atoms. The summed E-state index contributed by atoms with van der Waals surface area (Å²) in [7, 11) is 0. The molecule has 0 unspecified atom stereocenters. The Kier molecular flexibility index (Phi) is 46.1. The molecule has 0 saturated carbocycles. The number of phenolic OH excluding ortho intramolecular Hbond substituents is 1. The SMILES string of the molecule is CC(C)C[C@H](NC(=O)[C@H](CCC(=O)O)NC(=O)[C@H](CCC(=O)O)NC(=O)[C@H](CC(N)=O)NC(=O)[C@H](CS)NC(=O)[C@@H](NC(=O)[C@H](C)NC(=O)[C@H](CS)NC(=O)[C@@H](N)Cc1ccccc1)C(C)C)C(=O)N[C@@H](Cc1ccc(O)cc1)C(=O)N[C@@H](CCC(=O)O)C(=O)N[C@@H](CC(N)=O)C(=O)N[C@@H](CS)C(=O)NCC(=O)NCC(=O)N[C@@H](CS)C(=O)O. The second-order valence-corrected chi connectivity index (χ2v) is 29.2. The number of aromatic hydroxyl groups is 1. The maximum absolute atomic E-state index is 14.7. The van der Waals surface area contributed by atoms with Crippen LogP contribution < -0.4 is 97.0 Å². The van der Waals surface area contributed by atoms with Crippen molar-refractivity contribution in [2.45, 2.75) is 190 Å². The number of carbonyl (C=O) groups is 21. The Balaban J connectivity index is 2.47. The number of nitrogens with two attached hydrogens (primary N) is 3. The lowest BCUT2D eigenvalue weighted by Gasteiger charge is -2.29. The van der Waals surface area contributed by atoms with Crippen molar-refractivity contribution in [3.8, 4) is 5.75 Å². The van der Waals surface area contributed by atoms with E-state index in [1.54, 1.807) is 44.2 Å². The maximum atomic E-state index is 14.7. The molecule has 658 valence electrons. The first-order chi connectivity index (χ1) is 55.8. The molecule has 0 bridgehead atoms. The standard InChI is InChI=1S/C71H104N18O26S4/c1-32(2)21-42(64(107)83-43(23-36-11-13-37(90)14-12-36)65(108)80-41(17-20-56(99)100)63(106)84-45(25-51(74)92)67(110)87-46(28-116)60(103)76-26-52(93)75-27-53(94)78-49(31-119)71(114)115)82-62(105)40(16-19-55(97)98)79-61(104)39(15-18-54(95)96)81-66(109)44(24-50(73)91)85-69(112)48(30-118)88-70(113)57(33(3)4)89-58(101)34(5)77-68(111)47(29-117)86-59(102)38(72)22-35-9-7-6-8-10-35/h6-14,32-34,38-49,57,90,116-119H,15-31,72H2,1-5H3,(H2,73,91)(H2,74,92)(H,75,93)(H,76,103)(H,77,111)(H,78,94)(H,79,104)(H,80,108)(H,81,109)(H,82,105)(H,83,107)(H,84,106)(H,85,112)(H,86,102)(H,87,110)(H,88,113)(H,89,101)(H,95,96)(H,97,98)(H,99,100)(H,114,115)/t34-,38-,39-,40-,41-,42-,43-,44-,45-,46-,47-,48-,49-,57-/m0/s1. The van der Waals surface area contributed by atoms with Crippen molar-refractivity contribution in [3.05, 3.63) is 65.7 Å². The summed E-state index contributed by atoms with van der Waals surface area (Å²) >= 11 is 16.2. The average molecular weight is 1750 g/mol. The predicted molar refractivity (Wildman–Crippen MR) is 432 cm³/mol. The van der Waals surface area contributed by atoms with Crippen molar-refractivity contribution in [1.82, 2.24) is 79.8 Å². The van der Waals surface area contributed by atoms with Crippen LogP contribution in [0.25, 0.3) is 0 Å². The molecule has 2 aromatic carbocycles. The Hall–Kier alpha value is -11.5. The molecule has 0 saturated heterocycles. The topological polar surface area (TPSA) is 718 Å². The second kappa shape index (κ2) is 53.0. The summed E-state index contributed by atoms with van der Waals surface area (Å²) in [5, 5.41) is 82.7. The van der Waals surface area contributed by atoms with Crippen LogP contribution in [0.2, 0.25) is 0 Å². The number of hydrogen-bond acceptors (Lipinski definition) is 27. The van der Waals surface area contributed by atoms with E-state index in [0.717, 1.165) is 5.56 Å². The number of rotatable bonds is 55. The number of phenols is 1. The maximum Gasteiger partial charge on any atom is 0.327 e. The highest BCUT2D eigenvalue weighted by Gasteiger charge is 2.39. The summed E-state index contributed by atoms with van der Waals surface area (Å²) in [6.07, 6.45) is -7.80. The van der Waals surface area contributed by atoms with Gasteiger partial charge in [0.25, 0.3) is 0 Å². The minimum Gasteiger partial charge on any atom is -0.508 e. The van der Waals surface area contributed by atoms with E-state index < -0.39 is 303 Å². The quantitative estimate of drug-likeness (QED) is 0.0274. The fourth-order valence-corrected chi connectivity index (χ4v) is 11.6. The number of carboxylic acid groups (broad SMARTS) is 4. The Bertz CT molecular complexity index is 3950. The van der Waals surface area contributed by atoms with Crippen molar-refractivity contribution in [3.63, 3.8) is 0 Å². The molecule has 44 nitrogen and oxygen atoms in total. The minimum absolute atomic E-state index is 0.136. The molecule has 2 rings (SSSR count). The van der Waals surface area contributed by atoms with Crippen molar-refractivity contribution in [1.29, 1.82) is 0 Å². The molecular formula is C71H104N18O26S4. The lowest BCUT2D eigenvalue weighted by molar-refractivity contribution is -0.141. The summed E-state index contributed by atoms with van der Waals surface area (Å²) < 4.78 is 0. The number of thiol groups is 4. The number of aliphatic carboxylic acids is 4. The highest BCUT2D eigenvalue weighted by atomic mass is 32.1. The van der Waals surface area contributed by atoms with Gasteiger partial charge < -0.3 is 122 Å². The third-order valence-electron chi connectivity index (χ3n) is 17.0. The van der Waals surface area contributed by atoms with E-state index in [4.69, 9.17) is 22.3 Å². The molecule has 0 aliphatic heterocycles. The van der Waals surface area contributed by atoms with Gasteiger partial charge in [0.2, 0.25) is 100 Å². The molecule has 0 aliphatic rings. The van der Waals surface area contributed by atoms with Gasteiger partial charge in [-0.2, -0.15) is 50.5 Å². The smallest absolute Gasteiger partial charge is 0.327 e. The zero-order valence-corrected chi connectivity index (χ0v) is 68.9. The molecule has 0 spiro atoms. The fraction of sp³-hybridized carbons (Fsp3) is 0.535. The van der Waals surface area contributed by atoms with Crippen LogP contribution in [0.3, 0.4) is 0 Å². The van der Waals surface area contributed by atoms with Crippen molar-refractivity contribution >= 4 is 175 Å². The first-order valence-corrected chi connectivity index (χ1v) is 39.3. The van der Waals surface area contributed by atoms with Gasteiger partial charge in [0, 0.05) is 48.7 Å². The van der Waals surface area contributed by atoms with Gasteiger partial charge in [0.1, 0.15) is 84.3 Å². The summed E-state index contributed by atoms with van der Waals surface area (Å²) in [4.78, 5) is 278. The highest BCUT2D eigenvalue weighted by molar-refractivity contribution is 7.80. The number of primary amides is 2. The summed E-state index contributed by atoms with van der Waals surface area (Å²) in [6, 6.07) is -9.73. The van der Waals surface area contributed by atoms with Crippen LogP contribution in [0.1, 0.15) is 104 Å². The van der Waals surface area contributed by atoms with E-state index in [9.17, 15) is 121 Å². The molecule has 14 atom stereocenters. The Labute approximate surface area is 703 Å². The van der Waals surface area contributed by atoms with Gasteiger partial charge in [-0.3, -0.25) is 95.9 Å². The van der Waals surface area contributed by atoms with E-state index in [2.05, 4.69) is 130 Å². The van der Waals surface area contributed by atoms with Gasteiger partial charge in [-0.15, -0.1) is 0 Å². The van der Waals surface area contributed by atoms with Crippen LogP contribution >= 0.6 is 50.5 Å². The molecule has 2 aromatic rings. The van der Waals surface area contributed by atoms with Crippen molar-refractivity contribution in [2.75, 3.05) is 36.1 Å². The van der Waals surface area contributed by atoms with Crippen LogP contribution in [0.4, 0.5) is 0 Å². The number of hydrogen-bond donors (Lipinski definition) is 27. The number of benzene rings is 2. The van der Waals surface area contributed by atoms with E-state index in [1.165, 1.54) is 45.0 Å². The number of carbonyl (C=O) groups excluding carboxylic acids is 17. The second-order valence-electron chi connectivity index (χ2n) is 27.7. The first-order valence-electron chi connectivity index (χ1n) is 36.8. The Morgan fingerprint density at radius 1 is 0.353 bits per heavy atom. The molecular weight excluding hydrogens is 1650 g/mol. The zero-order valence-electron chi connectivity index (χ0n) is 65.3. The first kappa shape index (κ1) is 104. The fourth-order valence-electron chi connectivity index (χ4n) is 10.6. The van der Waals surface area contributed by atoms with Crippen molar-refractivity contribution < 1.29 is 126 Å². The highest BCUT2D eigenvalue weighted by Crippen LogP contribution is 2.16. The predicted octanol–water partition coefficient (Wildman–Crippen LogP) is -8.09.